The number of aromatic amines is 1. The third-order valence-corrected chi connectivity index (χ3v) is 7.15. The maximum Gasteiger partial charge on any atom is 0.303 e. The number of H-pyrrole nitrogens is 1. The molecule has 0 bridgehead atoms. The van der Waals surface area contributed by atoms with Gasteiger partial charge in [-0.2, -0.15) is 0 Å². The topological polar surface area (TPSA) is 166 Å². The molecule has 43 heavy (non-hydrogen) atoms. The van der Waals surface area contributed by atoms with Crippen LogP contribution in [0.2, 0.25) is 0 Å². The average Bonchev–Trinajstić information content (AvgIpc) is 3.42. The largest absolute Gasteiger partial charge is 0.481 e. The van der Waals surface area contributed by atoms with Crippen molar-refractivity contribution < 1.29 is 24.3 Å². The molecule has 10 heteroatoms. The fourth-order valence-electron chi connectivity index (χ4n) is 4.89. The van der Waals surface area contributed by atoms with Gasteiger partial charge in [0.15, 0.2) is 0 Å². The summed E-state index contributed by atoms with van der Waals surface area (Å²) in [7, 11) is 0. The van der Waals surface area contributed by atoms with Crippen molar-refractivity contribution in [2.45, 2.75) is 50.2 Å². The number of carboxylic acids is 1. The zero-order chi connectivity index (χ0) is 30.6. The van der Waals surface area contributed by atoms with Crippen LogP contribution in [0.5, 0.6) is 0 Å². The molecule has 7 N–H and O–H groups in total. The van der Waals surface area contributed by atoms with E-state index in [0.29, 0.717) is 6.42 Å². The van der Waals surface area contributed by atoms with Gasteiger partial charge in [-0.15, -0.1) is 0 Å². The summed E-state index contributed by atoms with van der Waals surface area (Å²) in [5.74, 6) is -2.36. The summed E-state index contributed by atoms with van der Waals surface area (Å²) in [4.78, 5) is 53.3. The highest BCUT2D eigenvalue weighted by Crippen LogP contribution is 2.19. The first-order valence-electron chi connectivity index (χ1n) is 14.3. The second kappa shape index (κ2) is 15.3. The molecule has 0 fully saturated rings. The first-order valence-corrected chi connectivity index (χ1v) is 14.3. The average molecular weight is 584 g/mol. The molecule has 4 rings (SSSR count). The molecular formula is C33H37N5O5. The minimum atomic E-state index is -1.06. The number of rotatable bonds is 15. The number of carbonyl (C=O) groups excluding carboxylic acids is 3. The molecule has 0 radical (unpaired) electrons. The standard InChI is InChI=1S/C33H37N5O5/c34-27(19-24-20-35-28-14-8-7-13-26(24)28)32(42)38-29(18-23-11-5-2-6-12-23)33(43)37-25(17-22-9-3-1-4-10-22)21-36-30(39)15-16-31(40)41/h1-14,20,25,27,29,35H,15-19,21,34H2,(H,36,39)(H,37,43)(H,38,42)(H,40,41)/t25-,27+,29+/m1/s1. The fraction of sp³-hybridized carbons (Fsp3) is 0.273. The van der Waals surface area contributed by atoms with Gasteiger partial charge in [0.1, 0.15) is 6.04 Å². The van der Waals surface area contributed by atoms with Crippen molar-refractivity contribution in [3.8, 4) is 0 Å². The lowest BCUT2D eigenvalue weighted by Gasteiger charge is -2.25. The number of fused-ring (bicyclic) bond motifs is 1. The smallest absolute Gasteiger partial charge is 0.303 e. The molecule has 4 aromatic rings. The van der Waals surface area contributed by atoms with Crippen LogP contribution in [0.1, 0.15) is 29.5 Å². The van der Waals surface area contributed by atoms with E-state index in [1.54, 1.807) is 0 Å². The lowest BCUT2D eigenvalue weighted by molar-refractivity contribution is -0.138. The minimum absolute atomic E-state index is 0.0885. The van der Waals surface area contributed by atoms with Crippen LogP contribution in [0.3, 0.4) is 0 Å². The Kier molecular flexibility index (Phi) is 11.0. The number of para-hydroxylation sites is 1. The van der Waals surface area contributed by atoms with Gasteiger partial charge < -0.3 is 31.8 Å². The van der Waals surface area contributed by atoms with Gasteiger partial charge in [-0.25, -0.2) is 0 Å². The number of hydrogen-bond acceptors (Lipinski definition) is 5. The van der Waals surface area contributed by atoms with E-state index in [4.69, 9.17) is 10.8 Å². The number of nitrogens with one attached hydrogen (secondary N) is 4. The van der Waals surface area contributed by atoms with Crippen molar-refractivity contribution >= 4 is 34.6 Å². The van der Waals surface area contributed by atoms with Gasteiger partial charge in [0.05, 0.1) is 18.5 Å². The Morgan fingerprint density at radius 1 is 0.744 bits per heavy atom. The van der Waals surface area contributed by atoms with E-state index in [-0.39, 0.29) is 32.2 Å². The highest BCUT2D eigenvalue weighted by molar-refractivity contribution is 5.91. The van der Waals surface area contributed by atoms with E-state index < -0.39 is 41.8 Å². The van der Waals surface area contributed by atoms with E-state index in [0.717, 1.165) is 27.6 Å². The van der Waals surface area contributed by atoms with Crippen molar-refractivity contribution in [2.24, 2.45) is 5.73 Å². The van der Waals surface area contributed by atoms with Crippen LogP contribution in [-0.2, 0) is 38.4 Å². The van der Waals surface area contributed by atoms with Gasteiger partial charge in [-0.05, 0) is 35.6 Å². The predicted octanol–water partition coefficient (Wildman–Crippen LogP) is 2.47. The molecule has 0 aliphatic carbocycles. The van der Waals surface area contributed by atoms with Gasteiger partial charge in [0, 0.05) is 36.5 Å². The third kappa shape index (κ3) is 9.54. The lowest BCUT2D eigenvalue weighted by Crippen LogP contribution is -2.56. The van der Waals surface area contributed by atoms with Crippen LogP contribution >= 0.6 is 0 Å². The van der Waals surface area contributed by atoms with Gasteiger partial charge in [-0.3, -0.25) is 19.2 Å². The molecule has 0 aliphatic heterocycles. The summed E-state index contributed by atoms with van der Waals surface area (Å²) in [5, 5.41) is 18.4. The second-order valence-electron chi connectivity index (χ2n) is 10.5. The first kappa shape index (κ1) is 31.0. The first-order chi connectivity index (χ1) is 20.8. The summed E-state index contributed by atoms with van der Waals surface area (Å²) in [5.41, 5.74) is 9.98. The Bertz CT molecular complexity index is 1520. The molecule has 1 heterocycles. The Balaban J connectivity index is 1.47. The number of aliphatic carboxylic acids is 1. The maximum absolute atomic E-state index is 13.7. The van der Waals surface area contributed by atoms with Gasteiger partial charge in [0.25, 0.3) is 0 Å². The highest BCUT2D eigenvalue weighted by Gasteiger charge is 2.27. The predicted molar refractivity (Wildman–Crippen MR) is 164 cm³/mol. The van der Waals surface area contributed by atoms with Crippen molar-refractivity contribution in [1.82, 2.24) is 20.9 Å². The maximum atomic E-state index is 13.7. The van der Waals surface area contributed by atoms with E-state index in [9.17, 15) is 19.2 Å². The van der Waals surface area contributed by atoms with Crippen LogP contribution in [0.4, 0.5) is 0 Å². The van der Waals surface area contributed by atoms with Crippen LogP contribution in [0.15, 0.2) is 91.1 Å². The molecule has 0 spiro atoms. The molecule has 10 nitrogen and oxygen atoms in total. The molecule has 0 saturated heterocycles. The molecule has 3 atom stereocenters. The van der Waals surface area contributed by atoms with Crippen molar-refractivity contribution in [1.29, 1.82) is 0 Å². The number of hydrogen-bond donors (Lipinski definition) is 6. The van der Waals surface area contributed by atoms with Gasteiger partial charge >= 0.3 is 5.97 Å². The van der Waals surface area contributed by atoms with Gasteiger partial charge in [0.2, 0.25) is 17.7 Å². The van der Waals surface area contributed by atoms with Crippen molar-refractivity contribution in [3.63, 3.8) is 0 Å². The van der Waals surface area contributed by atoms with Crippen LogP contribution in [-0.4, -0.2) is 58.5 Å². The van der Waals surface area contributed by atoms with E-state index in [1.165, 1.54) is 0 Å². The molecular weight excluding hydrogens is 546 g/mol. The Morgan fingerprint density at radius 2 is 1.37 bits per heavy atom. The van der Waals surface area contributed by atoms with Gasteiger partial charge in [-0.1, -0.05) is 78.9 Å². The molecule has 0 saturated carbocycles. The monoisotopic (exact) mass is 583 g/mol. The van der Waals surface area contributed by atoms with E-state index in [2.05, 4.69) is 20.9 Å². The normalized spacial score (nSPS) is 13.0. The number of carboxylic acid groups (broad SMARTS) is 1. The van der Waals surface area contributed by atoms with Crippen LogP contribution in [0, 0.1) is 0 Å². The fourth-order valence-corrected chi connectivity index (χ4v) is 4.89. The third-order valence-electron chi connectivity index (χ3n) is 7.15. The zero-order valence-electron chi connectivity index (χ0n) is 23.8. The number of aromatic nitrogens is 1. The number of carbonyl (C=O) groups is 4. The molecule has 3 amide bonds. The van der Waals surface area contributed by atoms with Crippen molar-refractivity contribution in [3.05, 3.63) is 108 Å². The zero-order valence-corrected chi connectivity index (χ0v) is 23.8. The van der Waals surface area contributed by atoms with E-state index >= 15 is 0 Å². The summed E-state index contributed by atoms with van der Waals surface area (Å²) < 4.78 is 0. The summed E-state index contributed by atoms with van der Waals surface area (Å²) in [6.45, 7) is 0.0885. The van der Waals surface area contributed by atoms with Crippen LogP contribution in [0.25, 0.3) is 10.9 Å². The Labute approximate surface area is 250 Å². The quantitative estimate of drug-likeness (QED) is 0.126. The summed E-state index contributed by atoms with van der Waals surface area (Å²) in [6.07, 6.45) is 2.33. The molecule has 224 valence electrons. The minimum Gasteiger partial charge on any atom is -0.481 e. The number of nitrogens with two attached hydrogens (primary N) is 1. The Morgan fingerprint density at radius 3 is 2.05 bits per heavy atom. The lowest BCUT2D eigenvalue weighted by atomic mass is 10.0. The van der Waals surface area contributed by atoms with Crippen LogP contribution < -0.4 is 21.7 Å². The summed E-state index contributed by atoms with van der Waals surface area (Å²) >= 11 is 0. The molecule has 0 aliphatic rings. The molecule has 3 aromatic carbocycles. The van der Waals surface area contributed by atoms with E-state index in [1.807, 2.05) is 91.1 Å². The highest BCUT2D eigenvalue weighted by atomic mass is 16.4. The number of benzene rings is 3. The summed E-state index contributed by atoms with van der Waals surface area (Å²) in [6, 6.07) is 24.3. The molecule has 1 aromatic heterocycles. The molecule has 0 unspecified atom stereocenters. The second-order valence-corrected chi connectivity index (χ2v) is 10.5. The van der Waals surface area contributed by atoms with Crippen molar-refractivity contribution in [2.75, 3.05) is 6.54 Å². The Hall–Kier alpha value is -4.96. The SMILES string of the molecule is N[C@@H](Cc1c[nH]c2ccccc12)C(=O)N[C@@H](Cc1ccccc1)C(=O)N[C@@H](CNC(=O)CCC(=O)O)Cc1ccccc1. The number of amides is 3.